The van der Waals surface area contributed by atoms with Crippen molar-refractivity contribution in [2.24, 2.45) is 0 Å². The zero-order chi connectivity index (χ0) is 16.2. The van der Waals surface area contributed by atoms with Crippen LogP contribution >= 0.6 is 0 Å². The second-order valence-corrected chi connectivity index (χ2v) is 5.95. The summed E-state index contributed by atoms with van der Waals surface area (Å²) in [6, 6.07) is 13.2. The Morgan fingerprint density at radius 1 is 1.32 bits per heavy atom. The topological polar surface area (TPSA) is 67.0 Å². The van der Waals surface area contributed by atoms with E-state index in [1.807, 2.05) is 55.7 Å². The minimum Gasteiger partial charge on any atom is -0.444 e. The van der Waals surface area contributed by atoms with Crippen molar-refractivity contribution in [2.75, 3.05) is 5.32 Å². The van der Waals surface area contributed by atoms with E-state index in [9.17, 15) is 4.79 Å². The Hall–Kier alpha value is -2.74. The maximum absolute atomic E-state index is 11.9. The minimum absolute atomic E-state index is 0.202. The maximum atomic E-state index is 11.9. The van der Waals surface area contributed by atoms with E-state index in [1.165, 1.54) is 0 Å². The van der Waals surface area contributed by atoms with Crippen LogP contribution in [0.4, 0.5) is 10.6 Å². The fourth-order valence-electron chi connectivity index (χ4n) is 2.04. The predicted octanol–water partition coefficient (Wildman–Crippen LogP) is 3.86. The van der Waals surface area contributed by atoms with Gasteiger partial charge in [-0.2, -0.15) is 5.26 Å². The number of nitriles is 1. The largest absolute Gasteiger partial charge is 0.444 e. The van der Waals surface area contributed by atoms with Gasteiger partial charge >= 0.3 is 6.09 Å². The minimum atomic E-state index is -0.544. The first kappa shape index (κ1) is 15.6. The van der Waals surface area contributed by atoms with Gasteiger partial charge in [0.1, 0.15) is 18.5 Å². The van der Waals surface area contributed by atoms with E-state index in [4.69, 9.17) is 10.00 Å². The molecule has 5 heteroatoms. The highest BCUT2D eigenvalue weighted by Gasteiger charge is 2.19. The summed E-state index contributed by atoms with van der Waals surface area (Å²) in [4.78, 5) is 11.9. The molecule has 1 aromatic heterocycles. The van der Waals surface area contributed by atoms with Crippen LogP contribution in [-0.4, -0.2) is 10.7 Å². The number of nitrogens with zero attached hydrogens (tertiary/aromatic N) is 2. The van der Waals surface area contributed by atoms with Crippen molar-refractivity contribution in [3.63, 3.8) is 0 Å². The SMILES string of the molecule is CC(C)(C)n1cc(C#N)cc1NC(=O)OCc1ccccc1. The van der Waals surface area contributed by atoms with Crippen LogP contribution in [-0.2, 0) is 16.9 Å². The highest BCUT2D eigenvalue weighted by Crippen LogP contribution is 2.24. The number of ether oxygens (including phenoxy) is 1. The molecular weight excluding hydrogens is 278 g/mol. The molecule has 0 aliphatic carbocycles. The number of carbonyl (C=O) groups is 1. The molecule has 0 unspecified atom stereocenters. The van der Waals surface area contributed by atoms with Crippen LogP contribution in [0.15, 0.2) is 42.6 Å². The average molecular weight is 297 g/mol. The second kappa shape index (κ2) is 6.35. The van der Waals surface area contributed by atoms with Gasteiger partial charge in [0.25, 0.3) is 0 Å². The summed E-state index contributed by atoms with van der Waals surface area (Å²) >= 11 is 0. The summed E-state index contributed by atoms with van der Waals surface area (Å²) in [5, 5.41) is 11.7. The normalized spacial score (nSPS) is 10.8. The number of nitrogens with one attached hydrogen (secondary N) is 1. The summed E-state index contributed by atoms with van der Waals surface area (Å²) in [6.07, 6.45) is 1.17. The van der Waals surface area contributed by atoms with Gasteiger partial charge in [0.05, 0.1) is 5.56 Å². The number of anilines is 1. The van der Waals surface area contributed by atoms with Crippen molar-refractivity contribution in [1.29, 1.82) is 5.26 Å². The third-order valence-corrected chi connectivity index (χ3v) is 3.11. The van der Waals surface area contributed by atoms with Crippen LogP contribution in [0, 0.1) is 11.3 Å². The zero-order valence-electron chi connectivity index (χ0n) is 13.0. The van der Waals surface area contributed by atoms with Crippen LogP contribution in [0.2, 0.25) is 0 Å². The smallest absolute Gasteiger partial charge is 0.413 e. The lowest BCUT2D eigenvalue weighted by Gasteiger charge is -2.24. The molecule has 0 aliphatic heterocycles. The molecule has 0 fully saturated rings. The fraction of sp³-hybridized carbons (Fsp3) is 0.294. The molecule has 22 heavy (non-hydrogen) atoms. The quantitative estimate of drug-likeness (QED) is 0.935. The van der Waals surface area contributed by atoms with Crippen LogP contribution in [0.5, 0.6) is 0 Å². The van der Waals surface area contributed by atoms with E-state index in [1.54, 1.807) is 12.3 Å². The monoisotopic (exact) mass is 297 g/mol. The Morgan fingerprint density at radius 3 is 2.59 bits per heavy atom. The summed E-state index contributed by atoms with van der Waals surface area (Å²) in [5.41, 5.74) is 1.16. The summed E-state index contributed by atoms with van der Waals surface area (Å²) in [6.45, 7) is 6.19. The van der Waals surface area contributed by atoms with Gasteiger partial charge in [0.2, 0.25) is 0 Å². The summed E-state index contributed by atoms with van der Waals surface area (Å²) in [5.74, 6) is 0.544. The maximum Gasteiger partial charge on any atom is 0.413 e. The molecular formula is C17H19N3O2. The lowest BCUT2D eigenvalue weighted by atomic mass is 10.1. The van der Waals surface area contributed by atoms with E-state index in [-0.39, 0.29) is 12.1 Å². The Labute approximate surface area is 130 Å². The highest BCUT2D eigenvalue weighted by molar-refractivity contribution is 5.84. The molecule has 2 aromatic rings. The summed E-state index contributed by atoms with van der Waals surface area (Å²) < 4.78 is 7.04. The van der Waals surface area contributed by atoms with Gasteiger partial charge in [0, 0.05) is 11.7 Å². The highest BCUT2D eigenvalue weighted by atomic mass is 16.5. The molecule has 2 rings (SSSR count). The average Bonchev–Trinajstić information content (AvgIpc) is 2.89. The Morgan fingerprint density at radius 2 is 2.00 bits per heavy atom. The van der Waals surface area contributed by atoms with Crippen molar-refractivity contribution in [3.05, 3.63) is 53.7 Å². The lowest BCUT2D eigenvalue weighted by Crippen LogP contribution is -2.25. The standard InChI is InChI=1S/C17H19N3O2/c1-17(2,3)20-11-14(10-18)9-15(20)19-16(21)22-12-13-7-5-4-6-8-13/h4-9,11H,12H2,1-3H3,(H,19,21). The van der Waals surface area contributed by atoms with Crippen molar-refractivity contribution in [1.82, 2.24) is 4.57 Å². The predicted molar refractivity (Wildman–Crippen MR) is 84.4 cm³/mol. The van der Waals surface area contributed by atoms with Gasteiger partial charge < -0.3 is 9.30 Å². The zero-order valence-corrected chi connectivity index (χ0v) is 13.0. The van der Waals surface area contributed by atoms with Gasteiger partial charge in [-0.3, -0.25) is 5.32 Å². The van der Waals surface area contributed by atoms with Crippen molar-refractivity contribution < 1.29 is 9.53 Å². The number of aromatic nitrogens is 1. The molecule has 0 aliphatic rings. The van der Waals surface area contributed by atoms with Crippen LogP contribution in [0.25, 0.3) is 0 Å². The van der Waals surface area contributed by atoms with Crippen molar-refractivity contribution in [2.45, 2.75) is 32.9 Å². The van der Waals surface area contributed by atoms with Crippen molar-refractivity contribution in [3.8, 4) is 6.07 Å². The summed E-state index contributed by atoms with van der Waals surface area (Å²) in [7, 11) is 0. The van der Waals surface area contributed by atoms with Crippen LogP contribution in [0.3, 0.4) is 0 Å². The van der Waals surface area contributed by atoms with E-state index in [0.29, 0.717) is 11.4 Å². The molecule has 1 aromatic carbocycles. The molecule has 0 spiro atoms. The van der Waals surface area contributed by atoms with Gasteiger partial charge in [0.15, 0.2) is 0 Å². The fourth-order valence-corrected chi connectivity index (χ4v) is 2.04. The number of hydrogen-bond acceptors (Lipinski definition) is 3. The Kier molecular flexibility index (Phi) is 4.52. The van der Waals surface area contributed by atoms with E-state index in [2.05, 4.69) is 11.4 Å². The molecule has 5 nitrogen and oxygen atoms in total. The molecule has 0 saturated heterocycles. The molecule has 0 radical (unpaired) electrons. The lowest BCUT2D eigenvalue weighted by molar-refractivity contribution is 0.155. The third-order valence-electron chi connectivity index (χ3n) is 3.11. The first-order valence-electron chi connectivity index (χ1n) is 7.01. The number of hydrogen-bond donors (Lipinski definition) is 1. The van der Waals surface area contributed by atoms with Crippen LogP contribution in [0.1, 0.15) is 31.9 Å². The molecule has 1 amide bonds. The van der Waals surface area contributed by atoms with Gasteiger partial charge in [-0.15, -0.1) is 0 Å². The van der Waals surface area contributed by atoms with Gasteiger partial charge in [-0.1, -0.05) is 30.3 Å². The Bertz CT molecular complexity index is 691. The van der Waals surface area contributed by atoms with Crippen LogP contribution < -0.4 is 5.32 Å². The first-order valence-corrected chi connectivity index (χ1v) is 7.01. The molecule has 0 saturated carbocycles. The van der Waals surface area contributed by atoms with E-state index < -0.39 is 6.09 Å². The molecule has 114 valence electrons. The number of amides is 1. The molecule has 1 heterocycles. The third kappa shape index (κ3) is 3.89. The Balaban J connectivity index is 2.05. The van der Waals surface area contributed by atoms with E-state index in [0.717, 1.165) is 5.56 Å². The van der Waals surface area contributed by atoms with Crippen molar-refractivity contribution >= 4 is 11.9 Å². The van der Waals surface area contributed by atoms with E-state index >= 15 is 0 Å². The second-order valence-electron chi connectivity index (χ2n) is 5.95. The number of benzene rings is 1. The molecule has 0 bridgehead atoms. The number of rotatable bonds is 3. The first-order chi connectivity index (χ1) is 10.4. The molecule has 0 atom stereocenters. The van der Waals surface area contributed by atoms with Gasteiger partial charge in [-0.05, 0) is 32.4 Å². The number of carbonyl (C=O) groups excluding carboxylic acids is 1. The molecule has 1 N–H and O–H groups in total. The van der Waals surface area contributed by atoms with Gasteiger partial charge in [-0.25, -0.2) is 4.79 Å².